The molecule has 0 aliphatic heterocycles. The van der Waals surface area contributed by atoms with Crippen molar-refractivity contribution < 1.29 is 0 Å². The lowest BCUT2D eigenvalue weighted by molar-refractivity contribution is 0.413. The van der Waals surface area contributed by atoms with Crippen molar-refractivity contribution in [1.82, 2.24) is 9.55 Å². The van der Waals surface area contributed by atoms with Crippen LogP contribution in [0.1, 0.15) is 225 Å². The van der Waals surface area contributed by atoms with Crippen LogP contribution in [0.5, 0.6) is 0 Å². The van der Waals surface area contributed by atoms with Crippen LogP contribution in [0.3, 0.4) is 0 Å². The van der Waals surface area contributed by atoms with Gasteiger partial charge in [-0.05, 0) is 26.2 Å². The van der Waals surface area contributed by atoms with Gasteiger partial charge in [0.15, 0.2) is 0 Å². The molecule has 0 amide bonds. The van der Waals surface area contributed by atoms with Crippen LogP contribution in [-0.4, -0.2) is 9.55 Å². The van der Waals surface area contributed by atoms with E-state index in [0.29, 0.717) is 12.0 Å². The zero-order valence-corrected chi connectivity index (χ0v) is 27.5. The predicted molar refractivity (Wildman–Crippen MR) is 176 cm³/mol. The van der Waals surface area contributed by atoms with E-state index in [1.54, 1.807) is 0 Å². The van der Waals surface area contributed by atoms with Crippen molar-refractivity contribution in [2.24, 2.45) is 0 Å². The van der Waals surface area contributed by atoms with Gasteiger partial charge in [-0.3, -0.25) is 0 Å². The molecule has 230 valence electrons. The van der Waals surface area contributed by atoms with Crippen LogP contribution in [0.2, 0.25) is 0 Å². The summed E-state index contributed by atoms with van der Waals surface area (Å²) in [6.07, 6.45) is 43.8. The molecule has 2 atom stereocenters. The molecule has 0 radical (unpaired) electrons. The third kappa shape index (κ3) is 19.8. The molecule has 0 saturated heterocycles. The number of imidazole rings is 1. The van der Waals surface area contributed by atoms with Crippen LogP contribution in [0.4, 0.5) is 0 Å². The fourth-order valence-electron chi connectivity index (χ4n) is 6.35. The second kappa shape index (κ2) is 27.4. The summed E-state index contributed by atoms with van der Waals surface area (Å²) in [4.78, 5) is 4.98. The Balaban J connectivity index is 2.42. The average Bonchev–Trinajstić information content (AvgIpc) is 3.44. The van der Waals surface area contributed by atoms with Crippen molar-refractivity contribution in [3.05, 3.63) is 18.2 Å². The van der Waals surface area contributed by atoms with Crippen molar-refractivity contribution in [2.75, 3.05) is 0 Å². The maximum atomic E-state index is 4.98. The number of hydrogen-bond acceptors (Lipinski definition) is 1. The number of hydrogen-bond donors (Lipinski definition) is 0. The number of aromatic nitrogens is 2. The molecule has 1 aromatic heterocycles. The Morgan fingerprint density at radius 1 is 0.487 bits per heavy atom. The molecule has 0 aliphatic rings. The van der Waals surface area contributed by atoms with Gasteiger partial charge in [-0.15, -0.1) is 0 Å². The fourth-order valence-corrected chi connectivity index (χ4v) is 6.35. The molecule has 0 spiro atoms. The Morgan fingerprint density at radius 3 is 1.23 bits per heavy atom. The predicted octanol–water partition coefficient (Wildman–Crippen LogP) is 13.5. The van der Waals surface area contributed by atoms with Gasteiger partial charge >= 0.3 is 0 Å². The van der Waals surface area contributed by atoms with Gasteiger partial charge in [0.2, 0.25) is 0 Å². The molecular formula is C37H72N2. The molecule has 1 rings (SSSR count). The highest BCUT2D eigenvalue weighted by Crippen LogP contribution is 2.30. The van der Waals surface area contributed by atoms with Gasteiger partial charge in [0, 0.05) is 24.4 Å². The van der Waals surface area contributed by atoms with Crippen LogP contribution >= 0.6 is 0 Å². The molecule has 0 saturated carbocycles. The van der Waals surface area contributed by atoms with Crippen molar-refractivity contribution in [2.45, 2.75) is 219 Å². The summed E-state index contributed by atoms with van der Waals surface area (Å²) in [5, 5.41) is 0. The second-order valence-electron chi connectivity index (χ2n) is 12.9. The first kappa shape index (κ1) is 36.2. The quantitative estimate of drug-likeness (QED) is 0.0880. The topological polar surface area (TPSA) is 17.8 Å². The molecule has 0 aromatic carbocycles. The minimum absolute atomic E-state index is 0.590. The molecule has 1 heterocycles. The van der Waals surface area contributed by atoms with E-state index in [1.807, 2.05) is 0 Å². The van der Waals surface area contributed by atoms with Gasteiger partial charge in [0.05, 0.1) is 0 Å². The van der Waals surface area contributed by atoms with Crippen LogP contribution in [0.25, 0.3) is 0 Å². The smallest absolute Gasteiger partial charge is 0.111 e. The zero-order valence-electron chi connectivity index (χ0n) is 27.5. The van der Waals surface area contributed by atoms with Crippen molar-refractivity contribution in [3.8, 4) is 0 Å². The van der Waals surface area contributed by atoms with Crippen LogP contribution in [0.15, 0.2) is 12.4 Å². The van der Waals surface area contributed by atoms with Gasteiger partial charge in [-0.25, -0.2) is 4.98 Å². The number of nitrogens with zero attached hydrogens (tertiary/aromatic N) is 2. The Morgan fingerprint density at radius 2 is 0.821 bits per heavy atom. The average molecular weight is 545 g/mol. The van der Waals surface area contributed by atoms with E-state index in [-0.39, 0.29) is 0 Å². The summed E-state index contributed by atoms with van der Waals surface area (Å²) in [5.41, 5.74) is 0. The Hall–Kier alpha value is -0.790. The first-order chi connectivity index (χ1) is 19.2. The highest BCUT2D eigenvalue weighted by molar-refractivity contribution is 5.02. The van der Waals surface area contributed by atoms with E-state index in [9.17, 15) is 0 Å². The van der Waals surface area contributed by atoms with Crippen molar-refractivity contribution in [3.63, 3.8) is 0 Å². The Labute approximate surface area is 246 Å². The van der Waals surface area contributed by atoms with Gasteiger partial charge in [-0.2, -0.15) is 0 Å². The third-order valence-corrected chi connectivity index (χ3v) is 9.08. The maximum absolute atomic E-state index is 4.98. The summed E-state index contributed by atoms with van der Waals surface area (Å²) in [7, 11) is 0. The molecular weight excluding hydrogens is 472 g/mol. The molecule has 2 nitrogen and oxygen atoms in total. The molecule has 0 fully saturated rings. The molecule has 2 unspecified atom stereocenters. The molecule has 0 bridgehead atoms. The van der Waals surface area contributed by atoms with Crippen LogP contribution in [-0.2, 0) is 0 Å². The van der Waals surface area contributed by atoms with Crippen molar-refractivity contribution in [1.29, 1.82) is 0 Å². The number of unbranched alkanes of at least 4 members (excludes halogenated alkanes) is 22. The normalized spacial score (nSPS) is 13.2. The minimum atomic E-state index is 0.590. The Kier molecular flexibility index (Phi) is 25.4. The van der Waals surface area contributed by atoms with Crippen molar-refractivity contribution >= 4 is 0 Å². The summed E-state index contributed by atoms with van der Waals surface area (Å²) in [6.45, 7) is 9.36. The largest absolute Gasteiger partial charge is 0.332 e. The molecule has 0 N–H and O–H groups in total. The molecule has 2 heteroatoms. The van der Waals surface area contributed by atoms with Gasteiger partial charge in [0.25, 0.3) is 0 Å². The molecule has 39 heavy (non-hydrogen) atoms. The monoisotopic (exact) mass is 545 g/mol. The third-order valence-electron chi connectivity index (χ3n) is 9.08. The molecule has 0 aliphatic carbocycles. The lowest BCUT2D eigenvalue weighted by Gasteiger charge is -2.22. The SMILES string of the molecule is CCCCCCCCCCCCCC(CCCCCCCCCCCC)c1nccn1C(C)CCCCCC. The van der Waals surface area contributed by atoms with E-state index in [4.69, 9.17) is 4.98 Å². The maximum Gasteiger partial charge on any atom is 0.111 e. The fraction of sp³-hybridized carbons (Fsp3) is 0.919. The highest BCUT2D eigenvalue weighted by atomic mass is 15.1. The number of rotatable bonds is 30. The van der Waals surface area contributed by atoms with Crippen LogP contribution < -0.4 is 0 Å². The standard InChI is InChI=1S/C37H72N2/c1-5-8-11-14-16-18-20-22-24-26-29-32-36(31-28-25-23-21-19-17-15-12-9-6-2)37-38-33-34-39(37)35(4)30-27-13-10-7-3/h33-36H,5-32H2,1-4H3. The van der Waals surface area contributed by atoms with E-state index < -0.39 is 0 Å². The van der Waals surface area contributed by atoms with Gasteiger partial charge in [0.1, 0.15) is 5.82 Å². The Bertz CT molecular complexity index is 606. The summed E-state index contributed by atoms with van der Waals surface area (Å²) in [6, 6.07) is 0.590. The zero-order chi connectivity index (χ0) is 28.2. The summed E-state index contributed by atoms with van der Waals surface area (Å²) in [5.74, 6) is 2.06. The summed E-state index contributed by atoms with van der Waals surface area (Å²) >= 11 is 0. The second-order valence-corrected chi connectivity index (χ2v) is 12.9. The van der Waals surface area contributed by atoms with Gasteiger partial charge < -0.3 is 4.57 Å². The summed E-state index contributed by atoms with van der Waals surface area (Å²) < 4.78 is 2.56. The lowest BCUT2D eigenvalue weighted by Crippen LogP contribution is -2.13. The first-order valence-electron chi connectivity index (χ1n) is 18.3. The van der Waals surface area contributed by atoms with Gasteiger partial charge in [-0.1, -0.05) is 181 Å². The highest BCUT2D eigenvalue weighted by Gasteiger charge is 2.19. The first-order valence-corrected chi connectivity index (χ1v) is 18.3. The van der Waals surface area contributed by atoms with E-state index >= 15 is 0 Å². The van der Waals surface area contributed by atoms with E-state index in [2.05, 4.69) is 44.7 Å². The van der Waals surface area contributed by atoms with E-state index in [1.165, 1.54) is 186 Å². The van der Waals surface area contributed by atoms with Crippen LogP contribution in [0, 0.1) is 0 Å². The van der Waals surface area contributed by atoms with E-state index in [0.717, 1.165) is 0 Å². The molecule has 1 aromatic rings. The minimum Gasteiger partial charge on any atom is -0.332 e. The lowest BCUT2D eigenvalue weighted by atomic mass is 9.92.